The normalized spacial score (nSPS) is 24.8. The third-order valence-electron chi connectivity index (χ3n) is 2.93. The molecular formula is C13H21N3O. The second-order valence-corrected chi connectivity index (χ2v) is 4.69. The number of nitrogens with zero attached hydrogens (tertiary/aromatic N) is 2. The third kappa shape index (κ3) is 3.09. The van der Waals surface area contributed by atoms with Crippen molar-refractivity contribution >= 4 is 5.69 Å². The van der Waals surface area contributed by atoms with Crippen LogP contribution in [0.2, 0.25) is 0 Å². The van der Waals surface area contributed by atoms with Crippen molar-refractivity contribution < 1.29 is 4.74 Å². The number of pyridine rings is 1. The number of ether oxygens (including phenoxy) is 1. The average molecular weight is 235 g/mol. The number of aromatic nitrogens is 1. The fraction of sp³-hybridized carbons (Fsp3) is 0.615. The van der Waals surface area contributed by atoms with Crippen molar-refractivity contribution in [2.75, 3.05) is 24.6 Å². The zero-order valence-corrected chi connectivity index (χ0v) is 10.8. The summed E-state index contributed by atoms with van der Waals surface area (Å²) < 4.78 is 5.49. The first-order valence-corrected chi connectivity index (χ1v) is 6.28. The largest absolute Gasteiger partial charge is 0.492 e. The summed E-state index contributed by atoms with van der Waals surface area (Å²) in [6.45, 7) is 9.12. The molecule has 1 aromatic rings. The van der Waals surface area contributed by atoms with Crippen LogP contribution >= 0.6 is 0 Å². The van der Waals surface area contributed by atoms with Gasteiger partial charge in [0.15, 0.2) is 0 Å². The summed E-state index contributed by atoms with van der Waals surface area (Å²) in [6, 6.07) is 3.09. The predicted molar refractivity (Wildman–Crippen MR) is 69.7 cm³/mol. The molecule has 0 amide bonds. The summed E-state index contributed by atoms with van der Waals surface area (Å²) in [5, 5.41) is 3.53. The molecule has 2 heterocycles. The molecule has 2 unspecified atom stereocenters. The lowest BCUT2D eigenvalue weighted by Gasteiger charge is -2.37. The Morgan fingerprint density at radius 3 is 2.71 bits per heavy atom. The summed E-state index contributed by atoms with van der Waals surface area (Å²) in [5.41, 5.74) is 1.15. The van der Waals surface area contributed by atoms with Gasteiger partial charge in [0.1, 0.15) is 5.75 Å². The van der Waals surface area contributed by atoms with Crippen LogP contribution in [0.1, 0.15) is 20.8 Å². The molecule has 2 rings (SSSR count). The topological polar surface area (TPSA) is 37.4 Å². The highest BCUT2D eigenvalue weighted by Gasteiger charge is 2.21. The molecule has 4 nitrogen and oxygen atoms in total. The number of rotatable bonds is 3. The predicted octanol–water partition coefficient (Wildman–Crippen LogP) is 1.67. The van der Waals surface area contributed by atoms with Crippen LogP contribution < -0.4 is 15.0 Å². The molecule has 1 aromatic heterocycles. The molecule has 1 aliphatic rings. The second kappa shape index (κ2) is 5.36. The minimum atomic E-state index is 0.509. The highest BCUT2D eigenvalue weighted by Crippen LogP contribution is 2.21. The van der Waals surface area contributed by atoms with Crippen molar-refractivity contribution in [2.24, 2.45) is 0 Å². The Kier molecular flexibility index (Phi) is 3.84. The van der Waals surface area contributed by atoms with Gasteiger partial charge in [0.25, 0.3) is 0 Å². The minimum absolute atomic E-state index is 0.509. The van der Waals surface area contributed by atoms with Crippen LogP contribution in [0.25, 0.3) is 0 Å². The van der Waals surface area contributed by atoms with Crippen LogP contribution in [0.15, 0.2) is 18.5 Å². The lowest BCUT2D eigenvalue weighted by atomic mass is 10.1. The van der Waals surface area contributed by atoms with E-state index in [1.165, 1.54) is 0 Å². The first-order chi connectivity index (χ1) is 8.19. The molecule has 1 fully saturated rings. The van der Waals surface area contributed by atoms with E-state index in [0.717, 1.165) is 24.5 Å². The molecule has 2 atom stereocenters. The molecular weight excluding hydrogens is 214 g/mol. The van der Waals surface area contributed by atoms with Crippen LogP contribution in [0.5, 0.6) is 5.75 Å². The third-order valence-corrected chi connectivity index (χ3v) is 2.93. The molecule has 0 saturated carbocycles. The summed E-state index contributed by atoms with van der Waals surface area (Å²) in [7, 11) is 0. The van der Waals surface area contributed by atoms with Gasteiger partial charge in [0.05, 0.1) is 24.7 Å². The average Bonchev–Trinajstić information content (AvgIpc) is 2.28. The molecule has 17 heavy (non-hydrogen) atoms. The SMILES string of the molecule is CCOc1cncc(N2CC(C)NC(C)C2)c1. The molecule has 1 aliphatic heterocycles. The Labute approximate surface area is 103 Å². The van der Waals surface area contributed by atoms with Crippen LogP contribution in [-0.2, 0) is 0 Å². The molecule has 94 valence electrons. The van der Waals surface area contributed by atoms with E-state index >= 15 is 0 Å². The van der Waals surface area contributed by atoms with Crippen LogP contribution in [0.4, 0.5) is 5.69 Å². The maximum absolute atomic E-state index is 5.49. The monoisotopic (exact) mass is 235 g/mol. The van der Waals surface area contributed by atoms with E-state index in [9.17, 15) is 0 Å². The van der Waals surface area contributed by atoms with Crippen LogP contribution in [0, 0.1) is 0 Å². The lowest BCUT2D eigenvalue weighted by Crippen LogP contribution is -2.54. The van der Waals surface area contributed by atoms with Crippen molar-refractivity contribution in [1.82, 2.24) is 10.3 Å². The molecule has 0 radical (unpaired) electrons. The van der Waals surface area contributed by atoms with Gasteiger partial charge >= 0.3 is 0 Å². The summed E-state index contributed by atoms with van der Waals surface area (Å²) in [4.78, 5) is 6.60. The smallest absolute Gasteiger partial charge is 0.139 e. The van der Waals surface area contributed by atoms with Gasteiger partial charge in [0, 0.05) is 31.2 Å². The van der Waals surface area contributed by atoms with Gasteiger partial charge in [-0.05, 0) is 20.8 Å². The number of hydrogen-bond donors (Lipinski definition) is 1. The van der Waals surface area contributed by atoms with Gasteiger partial charge in [-0.1, -0.05) is 0 Å². The molecule has 4 heteroatoms. The molecule has 1 N–H and O–H groups in total. The number of anilines is 1. The van der Waals surface area contributed by atoms with Crippen LogP contribution in [0.3, 0.4) is 0 Å². The van der Waals surface area contributed by atoms with Gasteiger partial charge in [0.2, 0.25) is 0 Å². The van der Waals surface area contributed by atoms with Crippen molar-refractivity contribution in [3.63, 3.8) is 0 Å². The van der Waals surface area contributed by atoms with E-state index in [2.05, 4.69) is 35.1 Å². The Bertz CT molecular complexity index is 359. The van der Waals surface area contributed by atoms with Gasteiger partial charge < -0.3 is 15.0 Å². The molecule has 0 spiro atoms. The quantitative estimate of drug-likeness (QED) is 0.864. The molecule has 0 aromatic carbocycles. The summed E-state index contributed by atoms with van der Waals surface area (Å²) >= 11 is 0. The first-order valence-electron chi connectivity index (χ1n) is 6.28. The van der Waals surface area contributed by atoms with E-state index in [1.807, 2.05) is 13.1 Å². The Morgan fingerprint density at radius 1 is 1.35 bits per heavy atom. The number of nitrogens with one attached hydrogen (secondary N) is 1. The highest BCUT2D eigenvalue weighted by molar-refractivity contribution is 5.49. The maximum atomic E-state index is 5.49. The van der Waals surface area contributed by atoms with Gasteiger partial charge in [-0.25, -0.2) is 0 Å². The fourth-order valence-electron chi connectivity index (χ4n) is 2.36. The van der Waals surface area contributed by atoms with E-state index in [1.54, 1.807) is 6.20 Å². The molecule has 1 saturated heterocycles. The van der Waals surface area contributed by atoms with Gasteiger partial charge in [-0.3, -0.25) is 4.98 Å². The van der Waals surface area contributed by atoms with E-state index in [-0.39, 0.29) is 0 Å². The number of hydrogen-bond acceptors (Lipinski definition) is 4. The van der Waals surface area contributed by atoms with Crippen LogP contribution in [-0.4, -0.2) is 36.8 Å². The summed E-state index contributed by atoms with van der Waals surface area (Å²) in [5.74, 6) is 0.851. The molecule has 0 bridgehead atoms. The van der Waals surface area contributed by atoms with Crippen molar-refractivity contribution in [1.29, 1.82) is 0 Å². The summed E-state index contributed by atoms with van der Waals surface area (Å²) in [6.07, 6.45) is 3.68. The Morgan fingerprint density at radius 2 is 2.06 bits per heavy atom. The highest BCUT2D eigenvalue weighted by atomic mass is 16.5. The standard InChI is InChI=1S/C13H21N3O/c1-4-17-13-5-12(6-14-7-13)16-8-10(2)15-11(3)9-16/h5-7,10-11,15H,4,8-9H2,1-3H3. The van der Waals surface area contributed by atoms with E-state index in [0.29, 0.717) is 18.7 Å². The Balaban J connectivity index is 2.12. The van der Waals surface area contributed by atoms with Gasteiger partial charge in [-0.2, -0.15) is 0 Å². The molecule has 0 aliphatic carbocycles. The zero-order chi connectivity index (χ0) is 12.3. The van der Waals surface area contributed by atoms with Crippen molar-refractivity contribution in [3.8, 4) is 5.75 Å². The Hall–Kier alpha value is -1.29. The van der Waals surface area contributed by atoms with Gasteiger partial charge in [-0.15, -0.1) is 0 Å². The van der Waals surface area contributed by atoms with Crippen molar-refractivity contribution in [3.05, 3.63) is 18.5 Å². The second-order valence-electron chi connectivity index (χ2n) is 4.69. The number of piperazine rings is 1. The minimum Gasteiger partial charge on any atom is -0.492 e. The fourth-order valence-corrected chi connectivity index (χ4v) is 2.36. The first kappa shape index (κ1) is 12.2. The van der Waals surface area contributed by atoms with E-state index < -0.39 is 0 Å². The zero-order valence-electron chi connectivity index (χ0n) is 10.8. The maximum Gasteiger partial charge on any atom is 0.139 e. The van der Waals surface area contributed by atoms with Crippen molar-refractivity contribution in [2.45, 2.75) is 32.9 Å². The van der Waals surface area contributed by atoms with E-state index in [4.69, 9.17) is 4.74 Å². The lowest BCUT2D eigenvalue weighted by molar-refractivity contribution is 0.338.